The number of carbonyl (C=O) groups is 1. The molecule has 1 aromatic carbocycles. The summed E-state index contributed by atoms with van der Waals surface area (Å²) in [5.41, 5.74) is 1.79. The van der Waals surface area contributed by atoms with Gasteiger partial charge in [-0.2, -0.15) is 0 Å². The van der Waals surface area contributed by atoms with Gasteiger partial charge in [0.25, 0.3) is 0 Å². The second-order valence-corrected chi connectivity index (χ2v) is 6.70. The predicted molar refractivity (Wildman–Crippen MR) is 97.8 cm³/mol. The summed E-state index contributed by atoms with van der Waals surface area (Å²) in [5, 5.41) is 2.64. The molecule has 0 saturated carbocycles. The summed E-state index contributed by atoms with van der Waals surface area (Å²) in [6.07, 6.45) is 6.59. The average Bonchev–Trinajstić information content (AvgIpc) is 3.27. The molecule has 3 aromatic rings. The van der Waals surface area contributed by atoms with Crippen LogP contribution in [0.3, 0.4) is 0 Å². The number of thiophene rings is 1. The zero-order valence-corrected chi connectivity index (χ0v) is 14.5. The minimum Gasteiger partial charge on any atom is -0.472 e. The standard InChI is InChI=1S/C19H16ClNO2S/c20-18-6-2-1-4-16(18)7-8-19(22)21(12-15-9-10-23-14-15)13-17-5-3-11-24-17/h1-11,14H,12-13H2/b8-7+. The topological polar surface area (TPSA) is 33.5 Å². The SMILES string of the molecule is O=C(/C=C/c1ccccc1Cl)N(Cc1ccoc1)Cc1cccs1. The first-order chi connectivity index (χ1) is 11.7. The fourth-order valence-electron chi connectivity index (χ4n) is 2.28. The summed E-state index contributed by atoms with van der Waals surface area (Å²) >= 11 is 7.77. The fourth-order valence-corrected chi connectivity index (χ4v) is 3.20. The van der Waals surface area contributed by atoms with Crippen LogP contribution in [0, 0.1) is 0 Å². The lowest BCUT2D eigenvalue weighted by Crippen LogP contribution is -2.27. The molecule has 0 radical (unpaired) electrons. The average molecular weight is 358 g/mol. The number of hydrogen-bond donors (Lipinski definition) is 0. The predicted octanol–water partition coefficient (Wildman–Crippen LogP) is 5.24. The molecule has 1 amide bonds. The van der Waals surface area contributed by atoms with E-state index < -0.39 is 0 Å². The van der Waals surface area contributed by atoms with Crippen LogP contribution in [0.1, 0.15) is 16.0 Å². The van der Waals surface area contributed by atoms with E-state index in [-0.39, 0.29) is 5.91 Å². The van der Waals surface area contributed by atoms with Crippen molar-refractivity contribution in [1.82, 2.24) is 4.90 Å². The number of carbonyl (C=O) groups excluding carboxylic acids is 1. The minimum atomic E-state index is -0.0653. The monoisotopic (exact) mass is 357 g/mol. The molecule has 0 N–H and O–H groups in total. The maximum absolute atomic E-state index is 12.7. The van der Waals surface area contributed by atoms with Crippen LogP contribution in [0.4, 0.5) is 0 Å². The second kappa shape index (κ2) is 7.99. The van der Waals surface area contributed by atoms with E-state index in [0.717, 1.165) is 16.0 Å². The molecule has 0 aliphatic carbocycles. The van der Waals surface area contributed by atoms with Crippen LogP contribution in [0.5, 0.6) is 0 Å². The lowest BCUT2D eigenvalue weighted by atomic mass is 10.2. The van der Waals surface area contributed by atoms with E-state index in [1.54, 1.807) is 47.0 Å². The van der Waals surface area contributed by atoms with E-state index in [9.17, 15) is 4.79 Å². The van der Waals surface area contributed by atoms with Gasteiger partial charge in [0.1, 0.15) is 0 Å². The van der Waals surface area contributed by atoms with Gasteiger partial charge in [-0.3, -0.25) is 4.79 Å². The Morgan fingerprint density at radius 3 is 2.75 bits per heavy atom. The molecule has 122 valence electrons. The van der Waals surface area contributed by atoms with Gasteiger partial charge in [0, 0.05) is 28.1 Å². The molecule has 0 aliphatic rings. The highest BCUT2D eigenvalue weighted by Crippen LogP contribution is 2.18. The third-order valence-electron chi connectivity index (χ3n) is 3.50. The Morgan fingerprint density at radius 2 is 2.04 bits per heavy atom. The Morgan fingerprint density at radius 1 is 1.17 bits per heavy atom. The number of amides is 1. The van der Waals surface area contributed by atoms with Crippen molar-refractivity contribution < 1.29 is 9.21 Å². The van der Waals surface area contributed by atoms with Gasteiger partial charge in [0.05, 0.1) is 19.1 Å². The van der Waals surface area contributed by atoms with Crippen molar-refractivity contribution in [3.63, 3.8) is 0 Å². The highest BCUT2D eigenvalue weighted by atomic mass is 35.5. The van der Waals surface area contributed by atoms with Crippen LogP contribution in [0.25, 0.3) is 6.08 Å². The van der Waals surface area contributed by atoms with Crippen LogP contribution in [0.2, 0.25) is 5.02 Å². The first kappa shape index (κ1) is 16.6. The molecule has 5 heteroatoms. The third-order valence-corrected chi connectivity index (χ3v) is 4.71. The molecule has 0 bridgehead atoms. The van der Waals surface area contributed by atoms with Crippen molar-refractivity contribution in [2.45, 2.75) is 13.1 Å². The molecule has 0 unspecified atom stereocenters. The number of benzene rings is 1. The lowest BCUT2D eigenvalue weighted by Gasteiger charge is -2.19. The Hall–Kier alpha value is -2.30. The highest BCUT2D eigenvalue weighted by Gasteiger charge is 2.13. The Bertz CT molecular complexity index is 774. The Balaban J connectivity index is 1.76. The number of furan rings is 1. The van der Waals surface area contributed by atoms with Crippen LogP contribution >= 0.6 is 22.9 Å². The van der Waals surface area contributed by atoms with Gasteiger partial charge in [-0.1, -0.05) is 35.9 Å². The van der Waals surface area contributed by atoms with Crippen molar-refractivity contribution in [2.24, 2.45) is 0 Å². The molecule has 2 heterocycles. The highest BCUT2D eigenvalue weighted by molar-refractivity contribution is 7.09. The fraction of sp³-hybridized carbons (Fsp3) is 0.105. The molecule has 0 atom stereocenters. The molecule has 3 nitrogen and oxygen atoms in total. The van der Waals surface area contributed by atoms with Crippen LogP contribution < -0.4 is 0 Å². The summed E-state index contributed by atoms with van der Waals surface area (Å²) in [5.74, 6) is -0.0653. The molecular formula is C19H16ClNO2S. The third kappa shape index (κ3) is 4.37. The largest absolute Gasteiger partial charge is 0.472 e. The molecule has 3 rings (SSSR count). The van der Waals surface area contributed by atoms with Crippen LogP contribution in [0.15, 0.2) is 70.9 Å². The molecule has 0 fully saturated rings. The second-order valence-electron chi connectivity index (χ2n) is 5.26. The van der Waals surface area contributed by atoms with Crippen LogP contribution in [-0.2, 0) is 17.9 Å². The molecule has 24 heavy (non-hydrogen) atoms. The smallest absolute Gasteiger partial charge is 0.247 e. The van der Waals surface area contributed by atoms with Gasteiger partial charge < -0.3 is 9.32 Å². The number of rotatable bonds is 6. The maximum atomic E-state index is 12.7. The zero-order chi connectivity index (χ0) is 16.8. The molecule has 0 aliphatic heterocycles. The van der Waals surface area contributed by atoms with Gasteiger partial charge in [0.15, 0.2) is 0 Å². The normalized spacial score (nSPS) is 11.0. The van der Waals surface area contributed by atoms with E-state index in [2.05, 4.69) is 0 Å². The molecular weight excluding hydrogens is 342 g/mol. The Kier molecular flexibility index (Phi) is 5.51. The molecule has 2 aromatic heterocycles. The summed E-state index contributed by atoms with van der Waals surface area (Å²) in [7, 11) is 0. The van der Waals surface area contributed by atoms with Crippen LogP contribution in [-0.4, -0.2) is 10.8 Å². The van der Waals surface area contributed by atoms with Crippen molar-refractivity contribution in [2.75, 3.05) is 0 Å². The van der Waals surface area contributed by atoms with E-state index in [0.29, 0.717) is 18.1 Å². The van der Waals surface area contributed by atoms with E-state index in [4.69, 9.17) is 16.0 Å². The number of hydrogen-bond acceptors (Lipinski definition) is 3. The summed E-state index contributed by atoms with van der Waals surface area (Å²) in [6, 6.07) is 13.3. The van der Waals surface area contributed by atoms with E-state index in [1.165, 1.54) is 0 Å². The van der Waals surface area contributed by atoms with Gasteiger partial charge in [-0.05, 0) is 35.2 Å². The van der Waals surface area contributed by atoms with Crippen molar-refractivity contribution in [3.05, 3.63) is 87.5 Å². The van der Waals surface area contributed by atoms with Gasteiger partial charge in [-0.15, -0.1) is 11.3 Å². The quantitative estimate of drug-likeness (QED) is 0.565. The van der Waals surface area contributed by atoms with E-state index >= 15 is 0 Å². The van der Waals surface area contributed by atoms with Crippen molar-refractivity contribution >= 4 is 34.9 Å². The van der Waals surface area contributed by atoms with Gasteiger partial charge in [-0.25, -0.2) is 0 Å². The summed E-state index contributed by atoms with van der Waals surface area (Å²) in [6.45, 7) is 1.06. The lowest BCUT2D eigenvalue weighted by molar-refractivity contribution is -0.127. The van der Waals surface area contributed by atoms with Crippen molar-refractivity contribution in [3.8, 4) is 0 Å². The van der Waals surface area contributed by atoms with E-state index in [1.807, 2.05) is 41.8 Å². The van der Waals surface area contributed by atoms with Gasteiger partial charge >= 0.3 is 0 Å². The molecule has 0 saturated heterocycles. The van der Waals surface area contributed by atoms with Crippen molar-refractivity contribution in [1.29, 1.82) is 0 Å². The molecule has 0 spiro atoms. The minimum absolute atomic E-state index is 0.0653. The first-order valence-electron chi connectivity index (χ1n) is 7.47. The summed E-state index contributed by atoms with van der Waals surface area (Å²) < 4.78 is 5.10. The summed E-state index contributed by atoms with van der Waals surface area (Å²) in [4.78, 5) is 15.6. The van der Waals surface area contributed by atoms with Gasteiger partial charge in [0.2, 0.25) is 5.91 Å². The Labute approximate surface area is 149 Å². The number of nitrogens with zero attached hydrogens (tertiary/aromatic N) is 1. The first-order valence-corrected chi connectivity index (χ1v) is 8.73. The zero-order valence-electron chi connectivity index (χ0n) is 12.9. The maximum Gasteiger partial charge on any atom is 0.247 e. The number of halogens is 1.